The van der Waals surface area contributed by atoms with E-state index >= 15 is 0 Å². The molecule has 1 heterocycles. The number of carbonyl (C=O) groups excluding carboxylic acids is 3. The standard InChI is InChI=1S/C13H26N2O.C10H11ClN2O3/c1-3-7-11(8-4-2)12(14)13(16)15-9-5-6-10-15;11-8-1-2-9(16-5-10(12)15)7(3-8)4-13-6-14/h11-12H,3-10,14H2,1-2H3;1-3,6H,4-5H2,(H2,12,15)(H,13,14). The van der Waals surface area contributed by atoms with Crippen molar-refractivity contribution in [3.05, 3.63) is 28.8 Å². The van der Waals surface area contributed by atoms with Gasteiger partial charge in [0, 0.05) is 30.2 Å². The highest BCUT2D eigenvalue weighted by Gasteiger charge is 2.28. The third-order valence-corrected chi connectivity index (χ3v) is 5.53. The zero-order valence-electron chi connectivity index (χ0n) is 19.1. The van der Waals surface area contributed by atoms with Gasteiger partial charge in [-0.25, -0.2) is 0 Å². The van der Waals surface area contributed by atoms with E-state index in [0.717, 1.165) is 51.6 Å². The smallest absolute Gasteiger partial charge is 0.255 e. The Morgan fingerprint density at radius 1 is 1.22 bits per heavy atom. The van der Waals surface area contributed by atoms with Gasteiger partial charge in [0.1, 0.15) is 5.75 Å². The van der Waals surface area contributed by atoms with Crippen LogP contribution in [0.25, 0.3) is 0 Å². The second kappa shape index (κ2) is 15.5. The first-order valence-electron chi connectivity index (χ1n) is 11.2. The van der Waals surface area contributed by atoms with Gasteiger partial charge in [0.05, 0.1) is 6.04 Å². The van der Waals surface area contributed by atoms with E-state index < -0.39 is 5.91 Å². The SMILES string of the molecule is CCCC(CCC)C(N)C(=O)N1CCCC1.NC(=O)COc1ccc(Cl)cc1CNC=O. The van der Waals surface area contributed by atoms with E-state index in [4.69, 9.17) is 27.8 Å². The molecule has 1 aromatic carbocycles. The average Bonchev–Trinajstić information content (AvgIpc) is 3.31. The summed E-state index contributed by atoms with van der Waals surface area (Å²) in [5, 5.41) is 3.01. The zero-order chi connectivity index (χ0) is 23.9. The van der Waals surface area contributed by atoms with E-state index in [-0.39, 0.29) is 25.1 Å². The number of nitrogens with zero attached hydrogens (tertiary/aromatic N) is 1. The monoisotopic (exact) mass is 468 g/mol. The number of carbonyl (C=O) groups is 3. The molecule has 0 spiro atoms. The molecule has 1 aromatic rings. The van der Waals surface area contributed by atoms with Crippen LogP contribution in [0.3, 0.4) is 0 Å². The normalized spacial score (nSPS) is 13.8. The summed E-state index contributed by atoms with van der Waals surface area (Å²) in [6, 6.07) is 4.63. The predicted octanol–water partition coefficient (Wildman–Crippen LogP) is 2.60. The van der Waals surface area contributed by atoms with Crippen molar-refractivity contribution in [2.24, 2.45) is 17.4 Å². The number of amides is 3. The van der Waals surface area contributed by atoms with Gasteiger partial charge in [-0.15, -0.1) is 0 Å². The number of primary amides is 1. The Bertz CT molecular complexity index is 720. The fourth-order valence-electron chi connectivity index (χ4n) is 3.72. The number of nitrogens with two attached hydrogens (primary N) is 2. The lowest BCUT2D eigenvalue weighted by atomic mass is 9.90. The van der Waals surface area contributed by atoms with Gasteiger partial charge in [0.2, 0.25) is 12.3 Å². The van der Waals surface area contributed by atoms with Crippen molar-refractivity contribution in [1.82, 2.24) is 10.2 Å². The molecule has 1 fully saturated rings. The lowest BCUT2D eigenvalue weighted by Gasteiger charge is -2.26. The van der Waals surface area contributed by atoms with E-state index in [1.165, 1.54) is 0 Å². The summed E-state index contributed by atoms with van der Waals surface area (Å²) in [7, 11) is 0. The minimum Gasteiger partial charge on any atom is -0.483 e. The van der Waals surface area contributed by atoms with Crippen molar-refractivity contribution < 1.29 is 19.1 Å². The molecule has 180 valence electrons. The highest BCUT2D eigenvalue weighted by atomic mass is 35.5. The number of rotatable bonds is 12. The Hall–Kier alpha value is -2.32. The van der Waals surface area contributed by atoms with Crippen LogP contribution in [0.4, 0.5) is 0 Å². The van der Waals surface area contributed by atoms with Crippen LogP contribution >= 0.6 is 11.6 Å². The maximum Gasteiger partial charge on any atom is 0.255 e. The average molecular weight is 469 g/mol. The molecule has 1 aliphatic rings. The fourth-order valence-corrected chi connectivity index (χ4v) is 3.92. The number of nitrogens with one attached hydrogen (secondary N) is 1. The minimum atomic E-state index is -0.566. The van der Waals surface area contributed by atoms with Crippen LogP contribution in [0.15, 0.2) is 18.2 Å². The quantitative estimate of drug-likeness (QED) is 0.406. The second-order valence-corrected chi connectivity index (χ2v) is 8.34. The van der Waals surface area contributed by atoms with Gasteiger partial charge < -0.3 is 26.4 Å². The summed E-state index contributed by atoms with van der Waals surface area (Å²) in [6.07, 6.45) is 7.24. The van der Waals surface area contributed by atoms with Crippen molar-refractivity contribution in [2.45, 2.75) is 65.0 Å². The molecular weight excluding hydrogens is 432 g/mol. The van der Waals surface area contributed by atoms with Crippen molar-refractivity contribution in [3.63, 3.8) is 0 Å². The van der Waals surface area contributed by atoms with Crippen LogP contribution in [0, 0.1) is 5.92 Å². The van der Waals surface area contributed by atoms with E-state index in [0.29, 0.717) is 28.7 Å². The first-order valence-corrected chi connectivity index (χ1v) is 11.6. The summed E-state index contributed by atoms with van der Waals surface area (Å²) in [6.45, 7) is 6.22. The molecule has 8 nitrogen and oxygen atoms in total. The summed E-state index contributed by atoms with van der Waals surface area (Å²) < 4.78 is 5.16. The summed E-state index contributed by atoms with van der Waals surface area (Å²) in [5.41, 5.74) is 11.8. The molecule has 5 N–H and O–H groups in total. The van der Waals surface area contributed by atoms with E-state index in [1.54, 1.807) is 18.2 Å². The largest absolute Gasteiger partial charge is 0.483 e. The second-order valence-electron chi connectivity index (χ2n) is 7.90. The van der Waals surface area contributed by atoms with Crippen LogP contribution in [-0.4, -0.2) is 48.9 Å². The lowest BCUT2D eigenvalue weighted by molar-refractivity contribution is -0.133. The van der Waals surface area contributed by atoms with Crippen molar-refractivity contribution in [3.8, 4) is 5.75 Å². The molecule has 0 radical (unpaired) electrons. The Morgan fingerprint density at radius 3 is 2.38 bits per heavy atom. The van der Waals surface area contributed by atoms with Crippen molar-refractivity contribution >= 4 is 29.8 Å². The molecule has 1 aliphatic heterocycles. The van der Waals surface area contributed by atoms with E-state index in [1.807, 2.05) is 4.90 Å². The molecule has 0 aromatic heterocycles. The zero-order valence-corrected chi connectivity index (χ0v) is 19.9. The molecule has 32 heavy (non-hydrogen) atoms. The van der Waals surface area contributed by atoms with Gasteiger partial charge in [-0.2, -0.15) is 0 Å². The van der Waals surface area contributed by atoms with Gasteiger partial charge in [-0.05, 0) is 49.8 Å². The number of hydrogen-bond donors (Lipinski definition) is 3. The van der Waals surface area contributed by atoms with Crippen LogP contribution in [0.2, 0.25) is 5.02 Å². The molecule has 2 rings (SSSR count). The molecule has 3 amide bonds. The summed E-state index contributed by atoms with van der Waals surface area (Å²) >= 11 is 5.80. The highest BCUT2D eigenvalue weighted by molar-refractivity contribution is 6.30. The van der Waals surface area contributed by atoms with Crippen LogP contribution < -0.4 is 21.5 Å². The highest BCUT2D eigenvalue weighted by Crippen LogP contribution is 2.23. The molecule has 0 aliphatic carbocycles. The Morgan fingerprint density at radius 2 is 1.84 bits per heavy atom. The molecule has 0 saturated carbocycles. The fraction of sp³-hybridized carbons (Fsp3) is 0.609. The van der Waals surface area contributed by atoms with Crippen LogP contribution in [0.1, 0.15) is 57.9 Å². The van der Waals surface area contributed by atoms with E-state index in [9.17, 15) is 14.4 Å². The van der Waals surface area contributed by atoms with Crippen LogP contribution in [-0.2, 0) is 20.9 Å². The van der Waals surface area contributed by atoms with Gasteiger partial charge in [0.15, 0.2) is 6.61 Å². The predicted molar refractivity (Wildman–Crippen MR) is 126 cm³/mol. The first kappa shape index (κ1) is 27.7. The first-order chi connectivity index (χ1) is 15.3. The molecule has 1 atom stereocenters. The number of ether oxygens (including phenoxy) is 1. The molecule has 0 bridgehead atoms. The maximum absolute atomic E-state index is 12.1. The van der Waals surface area contributed by atoms with Crippen molar-refractivity contribution in [1.29, 1.82) is 0 Å². The maximum atomic E-state index is 12.1. The Kier molecular flexibility index (Phi) is 13.4. The van der Waals surface area contributed by atoms with Gasteiger partial charge in [-0.1, -0.05) is 38.3 Å². The Balaban J connectivity index is 0.000000320. The lowest BCUT2D eigenvalue weighted by Crippen LogP contribution is -2.46. The molecule has 1 saturated heterocycles. The number of likely N-dealkylation sites (tertiary alicyclic amines) is 1. The molecule has 1 unspecified atom stereocenters. The third kappa shape index (κ3) is 9.87. The van der Waals surface area contributed by atoms with Crippen LogP contribution in [0.5, 0.6) is 5.75 Å². The minimum absolute atomic E-state index is 0.185. The van der Waals surface area contributed by atoms with Gasteiger partial charge in [-0.3, -0.25) is 14.4 Å². The molecule has 9 heteroatoms. The number of hydrogen-bond acceptors (Lipinski definition) is 5. The van der Waals surface area contributed by atoms with Gasteiger partial charge in [0.25, 0.3) is 5.91 Å². The summed E-state index contributed by atoms with van der Waals surface area (Å²) in [4.78, 5) is 34.8. The Labute approximate surface area is 196 Å². The van der Waals surface area contributed by atoms with Crippen molar-refractivity contribution in [2.75, 3.05) is 19.7 Å². The topological polar surface area (TPSA) is 128 Å². The van der Waals surface area contributed by atoms with Gasteiger partial charge >= 0.3 is 0 Å². The number of halogens is 1. The number of benzene rings is 1. The third-order valence-electron chi connectivity index (χ3n) is 5.30. The molecular formula is C23H37ClN4O4. The van der Waals surface area contributed by atoms with E-state index in [2.05, 4.69) is 19.2 Å². The summed E-state index contributed by atoms with van der Waals surface area (Å²) in [5.74, 6) is 0.467.